The molecule has 0 heterocycles. The van der Waals surface area contributed by atoms with Gasteiger partial charge in [0.2, 0.25) is 0 Å². The van der Waals surface area contributed by atoms with Crippen molar-refractivity contribution in [3.8, 4) is 0 Å². The molecular weight excluding hydrogens is 308 g/mol. The molecule has 6 nitrogen and oxygen atoms in total. The van der Waals surface area contributed by atoms with Crippen molar-refractivity contribution in [3.05, 3.63) is 71.8 Å². The van der Waals surface area contributed by atoms with Gasteiger partial charge in [-0.25, -0.2) is 9.59 Å². The predicted molar refractivity (Wildman–Crippen MR) is 89.2 cm³/mol. The quantitative estimate of drug-likeness (QED) is 0.817. The number of nitrogens with one attached hydrogen (secondary N) is 1. The Bertz CT molecular complexity index is 647. The second kappa shape index (κ2) is 9.19. The zero-order chi connectivity index (χ0) is 17.2. The fourth-order valence-electron chi connectivity index (χ4n) is 2.16. The Balaban J connectivity index is 1.88. The van der Waals surface area contributed by atoms with E-state index in [1.807, 2.05) is 60.7 Å². The van der Waals surface area contributed by atoms with Crippen molar-refractivity contribution in [2.45, 2.75) is 19.1 Å². The fraction of sp³-hybridized carbons (Fsp3) is 0.222. The molecule has 2 rings (SSSR count). The van der Waals surface area contributed by atoms with E-state index < -0.39 is 18.2 Å². The SMILES string of the molecule is NC(=O)OC[C@H](Cc1ccccc1)NC(=O)OCc1ccccc1. The number of alkyl carbamates (subject to hydrolysis) is 1. The molecule has 0 spiro atoms. The summed E-state index contributed by atoms with van der Waals surface area (Å²) in [7, 11) is 0. The van der Waals surface area contributed by atoms with Crippen LogP contribution in [0.2, 0.25) is 0 Å². The zero-order valence-corrected chi connectivity index (χ0v) is 13.2. The number of hydrogen-bond donors (Lipinski definition) is 2. The Morgan fingerprint density at radius 1 is 0.917 bits per heavy atom. The Labute approximate surface area is 140 Å². The topological polar surface area (TPSA) is 90.7 Å². The van der Waals surface area contributed by atoms with Crippen molar-refractivity contribution in [1.82, 2.24) is 5.32 Å². The molecule has 2 amide bonds. The summed E-state index contributed by atoms with van der Waals surface area (Å²) >= 11 is 0. The van der Waals surface area contributed by atoms with Crippen LogP contribution in [0.1, 0.15) is 11.1 Å². The summed E-state index contributed by atoms with van der Waals surface area (Å²) in [6, 6.07) is 18.5. The zero-order valence-electron chi connectivity index (χ0n) is 13.2. The normalized spacial score (nSPS) is 11.3. The lowest BCUT2D eigenvalue weighted by Gasteiger charge is -2.18. The van der Waals surface area contributed by atoms with Crippen LogP contribution in [-0.2, 0) is 22.5 Å². The fourth-order valence-corrected chi connectivity index (χ4v) is 2.16. The van der Waals surface area contributed by atoms with Gasteiger partial charge in [0.15, 0.2) is 0 Å². The molecule has 0 saturated carbocycles. The van der Waals surface area contributed by atoms with Crippen molar-refractivity contribution in [3.63, 3.8) is 0 Å². The summed E-state index contributed by atoms with van der Waals surface area (Å²) in [5.74, 6) is 0. The number of carbonyl (C=O) groups is 2. The number of rotatable bonds is 7. The monoisotopic (exact) mass is 328 g/mol. The van der Waals surface area contributed by atoms with Crippen LogP contribution in [-0.4, -0.2) is 24.8 Å². The lowest BCUT2D eigenvalue weighted by Crippen LogP contribution is -2.41. The van der Waals surface area contributed by atoms with Gasteiger partial charge in [-0.15, -0.1) is 0 Å². The summed E-state index contributed by atoms with van der Waals surface area (Å²) < 4.78 is 9.99. The average Bonchev–Trinajstić information content (AvgIpc) is 2.60. The summed E-state index contributed by atoms with van der Waals surface area (Å²) in [6.45, 7) is 0.145. The largest absolute Gasteiger partial charge is 0.448 e. The number of ether oxygens (including phenoxy) is 2. The molecule has 2 aromatic rings. The highest BCUT2D eigenvalue weighted by Crippen LogP contribution is 2.05. The third-order valence-electron chi connectivity index (χ3n) is 3.29. The average molecular weight is 328 g/mol. The van der Waals surface area contributed by atoms with Crippen LogP contribution in [0.25, 0.3) is 0 Å². The van der Waals surface area contributed by atoms with Crippen LogP contribution in [0.3, 0.4) is 0 Å². The molecule has 6 heteroatoms. The Morgan fingerprint density at radius 2 is 1.50 bits per heavy atom. The summed E-state index contributed by atoms with van der Waals surface area (Å²) in [6.07, 6.45) is -0.963. The van der Waals surface area contributed by atoms with Gasteiger partial charge >= 0.3 is 12.2 Å². The first kappa shape index (κ1) is 17.3. The molecule has 0 aromatic heterocycles. The number of amides is 2. The molecule has 0 radical (unpaired) electrons. The first-order chi connectivity index (χ1) is 11.6. The number of carbonyl (C=O) groups excluding carboxylic acids is 2. The van der Waals surface area contributed by atoms with Crippen molar-refractivity contribution in [1.29, 1.82) is 0 Å². The second-order valence-corrected chi connectivity index (χ2v) is 5.22. The molecule has 0 aliphatic rings. The standard InChI is InChI=1S/C18H20N2O4/c19-17(21)23-13-16(11-14-7-3-1-4-8-14)20-18(22)24-12-15-9-5-2-6-10-15/h1-10,16H,11-13H2,(H2,19,21)(H,20,22)/t16-/m0/s1. The molecule has 0 fully saturated rings. The molecule has 0 bridgehead atoms. The maximum atomic E-state index is 12.0. The van der Waals surface area contributed by atoms with Gasteiger partial charge in [-0.2, -0.15) is 0 Å². The summed E-state index contributed by atoms with van der Waals surface area (Å²) in [4.78, 5) is 22.8. The minimum Gasteiger partial charge on any atom is -0.448 e. The molecule has 0 aliphatic carbocycles. The van der Waals surface area contributed by atoms with E-state index in [-0.39, 0.29) is 13.2 Å². The smallest absolute Gasteiger partial charge is 0.407 e. The lowest BCUT2D eigenvalue weighted by atomic mass is 10.1. The Morgan fingerprint density at radius 3 is 2.08 bits per heavy atom. The molecule has 24 heavy (non-hydrogen) atoms. The van der Waals surface area contributed by atoms with E-state index in [0.717, 1.165) is 11.1 Å². The van der Waals surface area contributed by atoms with Crippen LogP contribution < -0.4 is 11.1 Å². The highest BCUT2D eigenvalue weighted by molar-refractivity contribution is 5.68. The highest BCUT2D eigenvalue weighted by atomic mass is 16.6. The summed E-state index contributed by atoms with van der Waals surface area (Å²) in [5, 5.41) is 2.70. The van der Waals surface area contributed by atoms with Crippen molar-refractivity contribution in [2.75, 3.05) is 6.61 Å². The van der Waals surface area contributed by atoms with Gasteiger partial charge in [-0.1, -0.05) is 60.7 Å². The molecule has 3 N–H and O–H groups in total. The van der Waals surface area contributed by atoms with E-state index in [0.29, 0.717) is 6.42 Å². The van der Waals surface area contributed by atoms with E-state index in [2.05, 4.69) is 5.32 Å². The highest BCUT2D eigenvalue weighted by Gasteiger charge is 2.16. The number of nitrogens with two attached hydrogens (primary N) is 1. The molecular formula is C18H20N2O4. The summed E-state index contributed by atoms with van der Waals surface area (Å²) in [5.41, 5.74) is 6.88. The van der Waals surface area contributed by atoms with Gasteiger partial charge in [-0.3, -0.25) is 0 Å². The number of benzene rings is 2. The van der Waals surface area contributed by atoms with Crippen LogP contribution in [0.5, 0.6) is 0 Å². The molecule has 0 unspecified atom stereocenters. The Hall–Kier alpha value is -3.02. The third kappa shape index (κ3) is 6.39. The van der Waals surface area contributed by atoms with Crippen LogP contribution >= 0.6 is 0 Å². The second-order valence-electron chi connectivity index (χ2n) is 5.22. The molecule has 2 aromatic carbocycles. The van der Waals surface area contributed by atoms with Gasteiger partial charge in [0.1, 0.15) is 13.2 Å². The van der Waals surface area contributed by atoms with Gasteiger partial charge in [0.25, 0.3) is 0 Å². The molecule has 126 valence electrons. The van der Waals surface area contributed by atoms with Gasteiger partial charge < -0.3 is 20.5 Å². The van der Waals surface area contributed by atoms with Crippen molar-refractivity contribution in [2.24, 2.45) is 5.73 Å². The van der Waals surface area contributed by atoms with Crippen LogP contribution in [0.4, 0.5) is 9.59 Å². The molecule has 1 atom stereocenters. The minimum atomic E-state index is -0.882. The van der Waals surface area contributed by atoms with E-state index in [4.69, 9.17) is 15.2 Å². The van der Waals surface area contributed by atoms with Crippen molar-refractivity contribution < 1.29 is 19.1 Å². The molecule has 0 saturated heterocycles. The predicted octanol–water partition coefficient (Wildman–Crippen LogP) is 2.62. The van der Waals surface area contributed by atoms with E-state index >= 15 is 0 Å². The Kier molecular flexibility index (Phi) is 6.64. The number of primary amides is 1. The van der Waals surface area contributed by atoms with Crippen LogP contribution in [0, 0.1) is 0 Å². The van der Waals surface area contributed by atoms with Crippen molar-refractivity contribution >= 4 is 12.2 Å². The minimum absolute atomic E-state index is 0.0232. The maximum absolute atomic E-state index is 12.0. The third-order valence-corrected chi connectivity index (χ3v) is 3.29. The van der Waals surface area contributed by atoms with Gasteiger partial charge in [0.05, 0.1) is 6.04 Å². The van der Waals surface area contributed by atoms with E-state index in [1.165, 1.54) is 0 Å². The lowest BCUT2D eigenvalue weighted by molar-refractivity contribution is 0.119. The van der Waals surface area contributed by atoms with Crippen LogP contribution in [0.15, 0.2) is 60.7 Å². The van der Waals surface area contributed by atoms with Gasteiger partial charge in [0, 0.05) is 0 Å². The first-order valence-corrected chi connectivity index (χ1v) is 7.57. The maximum Gasteiger partial charge on any atom is 0.407 e. The molecule has 0 aliphatic heterocycles. The van der Waals surface area contributed by atoms with Gasteiger partial charge in [-0.05, 0) is 17.5 Å². The van der Waals surface area contributed by atoms with E-state index in [9.17, 15) is 9.59 Å². The van der Waals surface area contributed by atoms with E-state index in [1.54, 1.807) is 0 Å². The first-order valence-electron chi connectivity index (χ1n) is 7.57. The number of hydrogen-bond acceptors (Lipinski definition) is 4.